The molecular weight excluding hydrogens is 332 g/mol. The Morgan fingerprint density at radius 3 is 2.64 bits per heavy atom. The number of carbonyl (C=O) groups is 2. The van der Waals surface area contributed by atoms with Crippen LogP contribution in [0.4, 0.5) is 8.78 Å². The van der Waals surface area contributed by atoms with Gasteiger partial charge in [0.25, 0.3) is 5.91 Å². The zero-order valence-corrected chi connectivity index (χ0v) is 13.3. The van der Waals surface area contributed by atoms with Crippen LogP contribution in [0.25, 0.3) is 0 Å². The Morgan fingerprint density at radius 1 is 1.24 bits per heavy atom. The maximum atomic E-state index is 13.8. The van der Waals surface area contributed by atoms with Gasteiger partial charge in [-0.25, -0.2) is 13.6 Å². The third-order valence-electron chi connectivity index (χ3n) is 4.33. The lowest BCUT2D eigenvalue weighted by atomic mass is 10.1. The second-order valence-corrected chi connectivity index (χ2v) is 6.03. The van der Waals surface area contributed by atoms with Crippen molar-refractivity contribution in [2.75, 3.05) is 0 Å². The van der Waals surface area contributed by atoms with Crippen molar-refractivity contribution in [3.8, 4) is 0 Å². The van der Waals surface area contributed by atoms with Crippen molar-refractivity contribution in [1.82, 2.24) is 15.1 Å². The van der Waals surface area contributed by atoms with Crippen LogP contribution >= 0.6 is 0 Å². The number of carbonyl (C=O) groups excluding carboxylic acids is 1. The third kappa shape index (κ3) is 3.67. The molecule has 1 aromatic heterocycles. The molecule has 1 unspecified atom stereocenters. The van der Waals surface area contributed by atoms with Crippen LogP contribution in [0.1, 0.15) is 53.8 Å². The normalized spacial score (nSPS) is 15.9. The first-order chi connectivity index (χ1) is 12.0. The fraction of sp³-hybridized carbons (Fsp3) is 0.353. The van der Waals surface area contributed by atoms with Crippen LogP contribution in [0.3, 0.4) is 0 Å². The van der Waals surface area contributed by atoms with Crippen LogP contribution in [0.5, 0.6) is 0 Å². The van der Waals surface area contributed by atoms with Crippen LogP contribution in [-0.2, 0) is 4.79 Å². The number of carboxylic acid groups (broad SMARTS) is 1. The SMILES string of the molecule is O=C(NC(C(=O)O)c1cc(F)ccc1F)c1ccn(C2CCCC2)n1. The maximum absolute atomic E-state index is 13.8. The minimum Gasteiger partial charge on any atom is -0.479 e. The number of hydrogen-bond acceptors (Lipinski definition) is 3. The molecule has 0 aliphatic heterocycles. The molecule has 1 aliphatic rings. The number of nitrogens with zero attached hydrogens (tertiary/aromatic N) is 2. The van der Waals surface area contributed by atoms with E-state index in [9.17, 15) is 23.5 Å². The predicted octanol–water partition coefficient (Wildman–Crippen LogP) is 2.83. The molecule has 2 aromatic rings. The van der Waals surface area contributed by atoms with E-state index in [1.807, 2.05) is 0 Å². The summed E-state index contributed by atoms with van der Waals surface area (Å²) in [5, 5.41) is 15.7. The van der Waals surface area contributed by atoms with Gasteiger partial charge >= 0.3 is 5.97 Å². The zero-order valence-electron chi connectivity index (χ0n) is 13.3. The highest BCUT2D eigenvalue weighted by Gasteiger charge is 2.27. The number of carboxylic acids is 1. The molecule has 0 bridgehead atoms. The van der Waals surface area contributed by atoms with Crippen molar-refractivity contribution in [2.45, 2.75) is 37.8 Å². The van der Waals surface area contributed by atoms with Gasteiger partial charge < -0.3 is 10.4 Å². The van der Waals surface area contributed by atoms with E-state index in [4.69, 9.17) is 0 Å². The molecule has 6 nitrogen and oxygen atoms in total. The van der Waals surface area contributed by atoms with Crippen molar-refractivity contribution in [2.24, 2.45) is 0 Å². The van der Waals surface area contributed by atoms with Gasteiger partial charge in [0, 0.05) is 11.8 Å². The minimum atomic E-state index is -1.71. The van der Waals surface area contributed by atoms with E-state index in [2.05, 4.69) is 10.4 Å². The quantitative estimate of drug-likeness (QED) is 0.869. The molecule has 25 heavy (non-hydrogen) atoms. The first kappa shape index (κ1) is 17.1. The molecule has 1 saturated carbocycles. The molecule has 3 rings (SSSR count). The molecule has 8 heteroatoms. The van der Waals surface area contributed by atoms with Crippen LogP contribution in [0.15, 0.2) is 30.5 Å². The second kappa shape index (κ2) is 7.00. The molecule has 0 saturated heterocycles. The molecule has 0 spiro atoms. The summed E-state index contributed by atoms with van der Waals surface area (Å²) in [5.74, 6) is -3.95. The summed E-state index contributed by atoms with van der Waals surface area (Å²) in [5.41, 5.74) is -0.411. The number of benzene rings is 1. The Labute approximate surface area is 142 Å². The van der Waals surface area contributed by atoms with Crippen molar-refractivity contribution in [3.05, 3.63) is 53.4 Å². The molecule has 1 atom stereocenters. The standard InChI is InChI=1S/C17H17F2N3O3/c18-10-5-6-13(19)12(9-10)15(17(24)25)20-16(23)14-7-8-22(21-14)11-3-1-2-4-11/h5-9,11,15H,1-4H2,(H,20,23)(H,24,25). The lowest BCUT2D eigenvalue weighted by molar-refractivity contribution is -0.139. The Morgan fingerprint density at radius 2 is 1.96 bits per heavy atom. The van der Waals surface area contributed by atoms with Crippen molar-refractivity contribution in [1.29, 1.82) is 0 Å². The summed E-state index contributed by atoms with van der Waals surface area (Å²) in [6.07, 6.45) is 5.84. The smallest absolute Gasteiger partial charge is 0.331 e. The van der Waals surface area contributed by atoms with E-state index in [1.54, 1.807) is 10.9 Å². The maximum Gasteiger partial charge on any atom is 0.331 e. The lowest BCUT2D eigenvalue weighted by Gasteiger charge is -2.15. The number of amides is 1. The first-order valence-corrected chi connectivity index (χ1v) is 7.99. The highest BCUT2D eigenvalue weighted by molar-refractivity contribution is 5.95. The highest BCUT2D eigenvalue weighted by Crippen LogP contribution is 2.28. The average molecular weight is 349 g/mol. The molecule has 1 heterocycles. The summed E-state index contributed by atoms with van der Waals surface area (Å²) < 4.78 is 28.9. The molecule has 0 radical (unpaired) electrons. The summed E-state index contributed by atoms with van der Waals surface area (Å²) in [4.78, 5) is 23.7. The lowest BCUT2D eigenvalue weighted by Crippen LogP contribution is -2.34. The van der Waals surface area contributed by atoms with E-state index < -0.39 is 35.1 Å². The van der Waals surface area contributed by atoms with Gasteiger partial charge in [0.1, 0.15) is 17.3 Å². The van der Waals surface area contributed by atoms with Crippen molar-refractivity contribution < 1.29 is 23.5 Å². The molecule has 1 aliphatic carbocycles. The van der Waals surface area contributed by atoms with E-state index in [-0.39, 0.29) is 11.7 Å². The highest BCUT2D eigenvalue weighted by atomic mass is 19.1. The van der Waals surface area contributed by atoms with Gasteiger partial charge in [0.05, 0.1) is 6.04 Å². The van der Waals surface area contributed by atoms with Crippen LogP contribution in [0.2, 0.25) is 0 Å². The minimum absolute atomic E-state index is 0.0370. The summed E-state index contributed by atoms with van der Waals surface area (Å²) in [6, 6.07) is 2.46. The van der Waals surface area contributed by atoms with Crippen molar-refractivity contribution in [3.63, 3.8) is 0 Å². The van der Waals surface area contributed by atoms with Crippen LogP contribution < -0.4 is 5.32 Å². The van der Waals surface area contributed by atoms with E-state index >= 15 is 0 Å². The third-order valence-corrected chi connectivity index (χ3v) is 4.33. The zero-order chi connectivity index (χ0) is 18.0. The second-order valence-electron chi connectivity index (χ2n) is 6.03. The predicted molar refractivity (Wildman–Crippen MR) is 83.9 cm³/mol. The van der Waals surface area contributed by atoms with E-state index in [0.717, 1.165) is 43.9 Å². The Balaban J connectivity index is 1.79. The molecular formula is C17H17F2N3O3. The topological polar surface area (TPSA) is 84.2 Å². The molecule has 1 amide bonds. The van der Waals surface area contributed by atoms with E-state index in [0.29, 0.717) is 0 Å². The van der Waals surface area contributed by atoms with Gasteiger partial charge in [0.15, 0.2) is 6.04 Å². The van der Waals surface area contributed by atoms with E-state index in [1.165, 1.54) is 6.07 Å². The Kier molecular flexibility index (Phi) is 4.78. The van der Waals surface area contributed by atoms with Gasteiger partial charge in [-0.05, 0) is 37.1 Å². The molecule has 132 valence electrons. The first-order valence-electron chi connectivity index (χ1n) is 7.99. The summed E-state index contributed by atoms with van der Waals surface area (Å²) >= 11 is 0. The number of aromatic nitrogens is 2. The molecule has 1 aromatic carbocycles. The van der Waals surface area contributed by atoms with Gasteiger partial charge in [-0.2, -0.15) is 5.10 Å². The van der Waals surface area contributed by atoms with Crippen molar-refractivity contribution >= 4 is 11.9 Å². The summed E-state index contributed by atoms with van der Waals surface area (Å²) in [7, 11) is 0. The number of rotatable bonds is 5. The number of aliphatic carboxylic acids is 1. The number of halogens is 2. The largest absolute Gasteiger partial charge is 0.479 e. The van der Waals surface area contributed by atoms with Crippen LogP contribution in [-0.4, -0.2) is 26.8 Å². The number of nitrogens with one attached hydrogen (secondary N) is 1. The fourth-order valence-electron chi connectivity index (χ4n) is 3.04. The number of hydrogen-bond donors (Lipinski definition) is 2. The van der Waals surface area contributed by atoms with Gasteiger partial charge in [-0.3, -0.25) is 9.48 Å². The summed E-state index contributed by atoms with van der Waals surface area (Å²) in [6.45, 7) is 0. The fourth-order valence-corrected chi connectivity index (χ4v) is 3.04. The monoisotopic (exact) mass is 349 g/mol. The van der Waals surface area contributed by atoms with Gasteiger partial charge in [0.2, 0.25) is 0 Å². The Hall–Kier alpha value is -2.77. The molecule has 1 fully saturated rings. The van der Waals surface area contributed by atoms with Gasteiger partial charge in [-0.15, -0.1) is 0 Å². The van der Waals surface area contributed by atoms with Gasteiger partial charge in [-0.1, -0.05) is 12.8 Å². The van der Waals surface area contributed by atoms with Crippen LogP contribution in [0, 0.1) is 11.6 Å². The molecule has 2 N–H and O–H groups in total. The Bertz CT molecular complexity index is 800. The average Bonchev–Trinajstić information content (AvgIpc) is 3.25.